The van der Waals surface area contributed by atoms with Gasteiger partial charge in [0.2, 0.25) is 0 Å². The van der Waals surface area contributed by atoms with Gasteiger partial charge in [0.1, 0.15) is 0 Å². The first kappa shape index (κ1) is 12.9. The van der Waals surface area contributed by atoms with E-state index in [1.54, 1.807) is 0 Å². The van der Waals surface area contributed by atoms with Crippen LogP contribution in [0.2, 0.25) is 0 Å². The second kappa shape index (κ2) is 4.99. The highest BCUT2D eigenvalue weighted by atomic mass is 79.9. The molecule has 2 rings (SSSR count). The Morgan fingerprint density at radius 1 is 1.35 bits per heavy atom. The summed E-state index contributed by atoms with van der Waals surface area (Å²) in [7, 11) is 0. The quantitative estimate of drug-likeness (QED) is 0.856. The normalized spacial score (nSPS) is 21.6. The van der Waals surface area contributed by atoms with Crippen molar-refractivity contribution in [3.63, 3.8) is 0 Å². The van der Waals surface area contributed by atoms with Gasteiger partial charge in [-0.2, -0.15) is 0 Å². The molecule has 1 fully saturated rings. The summed E-state index contributed by atoms with van der Waals surface area (Å²) in [4.78, 5) is 2.47. The first-order valence-corrected chi connectivity index (χ1v) is 7.00. The lowest BCUT2D eigenvalue weighted by Gasteiger charge is -2.41. The van der Waals surface area contributed by atoms with E-state index in [1.165, 1.54) is 5.69 Å². The number of anilines is 1. The molecule has 0 saturated carbocycles. The minimum absolute atomic E-state index is 0.310. The standard InChI is InChI=1S/C14H21BrN2/c1-14(2,3)13-10-17(8-7-16-13)12-6-4-5-11(15)9-12/h4-6,9,13,16H,7-8,10H2,1-3H3. The van der Waals surface area contributed by atoms with Crippen LogP contribution in [0.25, 0.3) is 0 Å². The Kier molecular flexibility index (Phi) is 3.79. The second-order valence-corrected chi connectivity index (χ2v) is 6.71. The molecule has 2 nitrogen and oxygen atoms in total. The van der Waals surface area contributed by atoms with Gasteiger partial charge in [0, 0.05) is 35.8 Å². The van der Waals surface area contributed by atoms with Crippen LogP contribution in [0.1, 0.15) is 20.8 Å². The van der Waals surface area contributed by atoms with Crippen molar-refractivity contribution in [1.82, 2.24) is 5.32 Å². The molecule has 1 unspecified atom stereocenters. The molecule has 1 aromatic carbocycles. The highest BCUT2D eigenvalue weighted by molar-refractivity contribution is 9.10. The zero-order chi connectivity index (χ0) is 12.5. The number of nitrogens with one attached hydrogen (secondary N) is 1. The van der Waals surface area contributed by atoms with Crippen LogP contribution in [0.5, 0.6) is 0 Å². The first-order chi connectivity index (χ1) is 7.97. The van der Waals surface area contributed by atoms with Gasteiger partial charge in [-0.1, -0.05) is 42.8 Å². The summed E-state index contributed by atoms with van der Waals surface area (Å²) >= 11 is 3.54. The molecule has 0 bridgehead atoms. The van der Waals surface area contributed by atoms with E-state index in [-0.39, 0.29) is 0 Å². The molecule has 1 atom stereocenters. The van der Waals surface area contributed by atoms with Crippen LogP contribution in [0.15, 0.2) is 28.7 Å². The molecule has 0 radical (unpaired) electrons. The fraction of sp³-hybridized carbons (Fsp3) is 0.571. The summed E-state index contributed by atoms with van der Waals surface area (Å²) in [5.74, 6) is 0. The van der Waals surface area contributed by atoms with Crippen molar-refractivity contribution in [3.8, 4) is 0 Å². The van der Waals surface area contributed by atoms with Gasteiger partial charge in [-0.25, -0.2) is 0 Å². The largest absolute Gasteiger partial charge is 0.369 e. The van der Waals surface area contributed by atoms with Crippen LogP contribution in [0, 0.1) is 5.41 Å². The molecule has 1 heterocycles. The SMILES string of the molecule is CC(C)(C)C1CN(c2cccc(Br)c2)CCN1. The average molecular weight is 297 g/mol. The monoisotopic (exact) mass is 296 g/mol. The van der Waals surface area contributed by atoms with Gasteiger partial charge in [0.25, 0.3) is 0 Å². The van der Waals surface area contributed by atoms with E-state index in [9.17, 15) is 0 Å². The number of nitrogens with zero attached hydrogens (tertiary/aromatic N) is 1. The van der Waals surface area contributed by atoms with Crippen LogP contribution in [0.4, 0.5) is 5.69 Å². The van der Waals surface area contributed by atoms with E-state index >= 15 is 0 Å². The predicted molar refractivity (Wildman–Crippen MR) is 77.6 cm³/mol. The Bertz CT molecular complexity index is 384. The number of benzene rings is 1. The summed E-state index contributed by atoms with van der Waals surface area (Å²) in [6.07, 6.45) is 0. The summed E-state index contributed by atoms with van der Waals surface area (Å²) in [6, 6.07) is 9.12. The van der Waals surface area contributed by atoms with E-state index in [0.29, 0.717) is 11.5 Å². The molecular weight excluding hydrogens is 276 g/mol. The first-order valence-electron chi connectivity index (χ1n) is 6.21. The Hall–Kier alpha value is -0.540. The van der Waals surface area contributed by atoms with Crippen molar-refractivity contribution in [2.45, 2.75) is 26.8 Å². The molecule has 17 heavy (non-hydrogen) atoms. The maximum atomic E-state index is 3.62. The van der Waals surface area contributed by atoms with E-state index in [4.69, 9.17) is 0 Å². The van der Waals surface area contributed by atoms with Crippen molar-refractivity contribution in [1.29, 1.82) is 0 Å². The average Bonchev–Trinajstić information content (AvgIpc) is 2.28. The zero-order valence-electron chi connectivity index (χ0n) is 10.8. The third-order valence-electron chi connectivity index (χ3n) is 3.39. The Balaban J connectivity index is 2.12. The predicted octanol–water partition coefficient (Wildman–Crippen LogP) is 3.27. The van der Waals surface area contributed by atoms with Crippen LogP contribution in [-0.4, -0.2) is 25.7 Å². The molecule has 1 aliphatic heterocycles. The number of hydrogen-bond donors (Lipinski definition) is 1. The van der Waals surface area contributed by atoms with Gasteiger partial charge in [0.15, 0.2) is 0 Å². The maximum Gasteiger partial charge on any atom is 0.0378 e. The molecule has 1 N–H and O–H groups in total. The minimum atomic E-state index is 0.310. The number of halogens is 1. The summed E-state index contributed by atoms with van der Waals surface area (Å²) in [5, 5.41) is 3.62. The Morgan fingerprint density at radius 2 is 2.12 bits per heavy atom. The maximum absolute atomic E-state index is 3.62. The fourth-order valence-corrected chi connectivity index (χ4v) is 2.62. The summed E-state index contributed by atoms with van der Waals surface area (Å²) < 4.78 is 1.15. The van der Waals surface area contributed by atoms with E-state index in [2.05, 4.69) is 71.2 Å². The zero-order valence-corrected chi connectivity index (χ0v) is 12.4. The molecule has 1 aliphatic rings. The third kappa shape index (κ3) is 3.23. The number of hydrogen-bond acceptors (Lipinski definition) is 2. The molecule has 0 aliphatic carbocycles. The lowest BCUT2D eigenvalue weighted by Crippen LogP contribution is -2.56. The van der Waals surface area contributed by atoms with E-state index in [1.807, 2.05) is 0 Å². The molecule has 1 aromatic rings. The lowest BCUT2D eigenvalue weighted by molar-refractivity contribution is 0.254. The van der Waals surface area contributed by atoms with Crippen molar-refractivity contribution < 1.29 is 0 Å². The molecule has 1 saturated heterocycles. The van der Waals surface area contributed by atoms with Crippen molar-refractivity contribution in [3.05, 3.63) is 28.7 Å². The van der Waals surface area contributed by atoms with Gasteiger partial charge >= 0.3 is 0 Å². The van der Waals surface area contributed by atoms with Crippen molar-refractivity contribution in [2.24, 2.45) is 5.41 Å². The number of rotatable bonds is 1. The van der Waals surface area contributed by atoms with Gasteiger partial charge in [-0.15, -0.1) is 0 Å². The summed E-state index contributed by atoms with van der Waals surface area (Å²) in [6.45, 7) is 10.1. The number of piperazine rings is 1. The van der Waals surface area contributed by atoms with Gasteiger partial charge in [0.05, 0.1) is 0 Å². The molecule has 3 heteroatoms. The van der Waals surface area contributed by atoms with E-state index < -0.39 is 0 Å². The minimum Gasteiger partial charge on any atom is -0.369 e. The third-order valence-corrected chi connectivity index (χ3v) is 3.89. The molecule has 0 amide bonds. The van der Waals surface area contributed by atoms with Crippen LogP contribution in [-0.2, 0) is 0 Å². The van der Waals surface area contributed by atoms with Crippen LogP contribution in [0.3, 0.4) is 0 Å². The molecule has 94 valence electrons. The smallest absolute Gasteiger partial charge is 0.0378 e. The topological polar surface area (TPSA) is 15.3 Å². The van der Waals surface area contributed by atoms with Gasteiger partial charge < -0.3 is 10.2 Å². The molecule has 0 aromatic heterocycles. The van der Waals surface area contributed by atoms with Crippen molar-refractivity contribution in [2.75, 3.05) is 24.5 Å². The second-order valence-electron chi connectivity index (χ2n) is 5.80. The van der Waals surface area contributed by atoms with E-state index in [0.717, 1.165) is 24.1 Å². The van der Waals surface area contributed by atoms with Crippen LogP contribution < -0.4 is 10.2 Å². The van der Waals surface area contributed by atoms with Gasteiger partial charge in [-0.05, 0) is 23.6 Å². The van der Waals surface area contributed by atoms with Crippen molar-refractivity contribution >= 4 is 21.6 Å². The fourth-order valence-electron chi connectivity index (χ4n) is 2.24. The molecular formula is C14H21BrN2. The Morgan fingerprint density at radius 3 is 2.76 bits per heavy atom. The highest BCUT2D eigenvalue weighted by Gasteiger charge is 2.29. The lowest BCUT2D eigenvalue weighted by atomic mass is 9.85. The van der Waals surface area contributed by atoms with Crippen LogP contribution >= 0.6 is 15.9 Å². The Labute approximate surface area is 113 Å². The van der Waals surface area contributed by atoms with Gasteiger partial charge in [-0.3, -0.25) is 0 Å². The summed E-state index contributed by atoms with van der Waals surface area (Å²) in [5.41, 5.74) is 1.63. The highest BCUT2D eigenvalue weighted by Crippen LogP contribution is 2.26. The molecule has 0 spiro atoms.